The molecule has 5 nitrogen and oxygen atoms in total. The van der Waals surface area contributed by atoms with Crippen LogP contribution in [0.5, 0.6) is 0 Å². The van der Waals surface area contributed by atoms with E-state index in [1.165, 1.54) is 22.9 Å². The van der Waals surface area contributed by atoms with Gasteiger partial charge >= 0.3 is 0 Å². The Morgan fingerprint density at radius 3 is 2.03 bits per heavy atom. The summed E-state index contributed by atoms with van der Waals surface area (Å²) in [5, 5.41) is 12.5. The van der Waals surface area contributed by atoms with Gasteiger partial charge in [-0.05, 0) is 24.5 Å². The van der Waals surface area contributed by atoms with Crippen LogP contribution in [0.3, 0.4) is 0 Å². The Labute approximate surface area is 199 Å². The van der Waals surface area contributed by atoms with Crippen LogP contribution in [0.15, 0.2) is 96.2 Å². The number of hydrogen-bond donors (Lipinski definition) is 1. The lowest BCUT2D eigenvalue weighted by Gasteiger charge is -2.18. The first-order valence-electron chi connectivity index (χ1n) is 11.2. The largest absolute Gasteiger partial charge is 0.355 e. The highest BCUT2D eigenvalue weighted by molar-refractivity contribution is 7.99. The molecule has 1 heterocycles. The summed E-state index contributed by atoms with van der Waals surface area (Å²) < 4.78 is 2.05. The number of benzene rings is 3. The minimum Gasteiger partial charge on any atom is -0.355 e. The van der Waals surface area contributed by atoms with Gasteiger partial charge < -0.3 is 9.88 Å². The van der Waals surface area contributed by atoms with E-state index < -0.39 is 0 Å². The molecule has 0 saturated carbocycles. The van der Waals surface area contributed by atoms with Crippen molar-refractivity contribution in [1.29, 1.82) is 0 Å². The molecule has 0 aliphatic carbocycles. The van der Waals surface area contributed by atoms with Gasteiger partial charge in [0.05, 0.1) is 5.75 Å². The van der Waals surface area contributed by atoms with Crippen LogP contribution in [0.1, 0.15) is 30.4 Å². The number of thioether (sulfide) groups is 1. The summed E-state index contributed by atoms with van der Waals surface area (Å²) in [6.07, 6.45) is 0.841. The SMILES string of the molecule is CCn1c(SCC(=O)NCCC(c2ccccc2)c2ccccc2)nnc1-c1ccccc1. The number of nitrogens with zero attached hydrogens (tertiary/aromatic N) is 3. The fourth-order valence-corrected chi connectivity index (χ4v) is 4.75. The van der Waals surface area contributed by atoms with Gasteiger partial charge in [0.1, 0.15) is 0 Å². The molecule has 0 atom stereocenters. The zero-order valence-corrected chi connectivity index (χ0v) is 19.5. The molecule has 0 unspecified atom stereocenters. The van der Waals surface area contributed by atoms with Crippen molar-refractivity contribution < 1.29 is 4.79 Å². The van der Waals surface area contributed by atoms with Gasteiger partial charge in [-0.15, -0.1) is 10.2 Å². The number of nitrogens with one attached hydrogen (secondary N) is 1. The second-order valence-electron chi connectivity index (χ2n) is 7.72. The fourth-order valence-electron chi connectivity index (χ4n) is 3.91. The fraction of sp³-hybridized carbons (Fsp3) is 0.222. The van der Waals surface area contributed by atoms with Crippen molar-refractivity contribution >= 4 is 17.7 Å². The first kappa shape index (κ1) is 22.8. The normalized spacial score (nSPS) is 11.0. The van der Waals surface area contributed by atoms with Gasteiger partial charge in [0.15, 0.2) is 11.0 Å². The highest BCUT2D eigenvalue weighted by atomic mass is 32.2. The highest BCUT2D eigenvalue weighted by Gasteiger charge is 2.16. The van der Waals surface area contributed by atoms with E-state index >= 15 is 0 Å². The van der Waals surface area contributed by atoms with Crippen LogP contribution in [-0.2, 0) is 11.3 Å². The third kappa shape index (κ3) is 5.90. The van der Waals surface area contributed by atoms with Crippen molar-refractivity contribution in [3.8, 4) is 11.4 Å². The molecule has 0 radical (unpaired) electrons. The third-order valence-electron chi connectivity index (χ3n) is 5.56. The van der Waals surface area contributed by atoms with Crippen LogP contribution >= 0.6 is 11.8 Å². The summed E-state index contributed by atoms with van der Waals surface area (Å²) in [5.41, 5.74) is 3.55. The van der Waals surface area contributed by atoms with Crippen LogP contribution in [0.25, 0.3) is 11.4 Å². The lowest BCUT2D eigenvalue weighted by atomic mass is 9.88. The van der Waals surface area contributed by atoms with Gasteiger partial charge in [-0.1, -0.05) is 103 Å². The summed E-state index contributed by atoms with van der Waals surface area (Å²) >= 11 is 1.42. The van der Waals surface area contributed by atoms with Crippen molar-refractivity contribution in [1.82, 2.24) is 20.1 Å². The predicted molar refractivity (Wildman–Crippen MR) is 134 cm³/mol. The molecule has 0 aliphatic rings. The van der Waals surface area contributed by atoms with E-state index in [-0.39, 0.29) is 11.8 Å². The number of amides is 1. The molecule has 1 N–H and O–H groups in total. The van der Waals surface area contributed by atoms with Crippen molar-refractivity contribution in [2.45, 2.75) is 31.0 Å². The molecule has 4 aromatic rings. The topological polar surface area (TPSA) is 59.8 Å². The van der Waals surface area contributed by atoms with E-state index in [1.807, 2.05) is 47.0 Å². The number of carbonyl (C=O) groups excluding carboxylic acids is 1. The van der Waals surface area contributed by atoms with Crippen molar-refractivity contribution in [3.63, 3.8) is 0 Å². The van der Waals surface area contributed by atoms with Gasteiger partial charge in [0.25, 0.3) is 0 Å². The van der Waals surface area contributed by atoms with Gasteiger partial charge in [-0.25, -0.2) is 0 Å². The maximum Gasteiger partial charge on any atom is 0.230 e. The zero-order valence-electron chi connectivity index (χ0n) is 18.7. The molecule has 4 rings (SSSR count). The van der Waals surface area contributed by atoms with E-state index in [2.05, 4.69) is 71.0 Å². The lowest BCUT2D eigenvalue weighted by Crippen LogP contribution is -2.27. The van der Waals surface area contributed by atoms with Gasteiger partial charge in [0.2, 0.25) is 5.91 Å². The average Bonchev–Trinajstić information content (AvgIpc) is 3.30. The number of aromatic nitrogens is 3. The molecule has 1 amide bonds. The molecule has 0 saturated heterocycles. The Morgan fingerprint density at radius 2 is 1.45 bits per heavy atom. The monoisotopic (exact) mass is 456 g/mol. The molecule has 0 aliphatic heterocycles. The molecular weight excluding hydrogens is 428 g/mol. The summed E-state index contributed by atoms with van der Waals surface area (Å²) in [6.45, 7) is 3.42. The molecule has 3 aromatic carbocycles. The highest BCUT2D eigenvalue weighted by Crippen LogP contribution is 2.27. The van der Waals surface area contributed by atoms with Crippen LogP contribution in [-0.4, -0.2) is 33.0 Å². The molecule has 0 fully saturated rings. The van der Waals surface area contributed by atoms with E-state index in [1.54, 1.807) is 0 Å². The minimum absolute atomic E-state index is 0.00628. The van der Waals surface area contributed by atoms with Crippen LogP contribution < -0.4 is 5.32 Å². The maximum atomic E-state index is 12.6. The summed E-state index contributed by atoms with van der Waals surface area (Å²) in [7, 11) is 0. The van der Waals surface area contributed by atoms with Crippen LogP contribution in [0.4, 0.5) is 0 Å². The van der Waals surface area contributed by atoms with Crippen molar-refractivity contribution in [2.75, 3.05) is 12.3 Å². The summed E-state index contributed by atoms with van der Waals surface area (Å²) in [6, 6.07) is 30.9. The van der Waals surface area contributed by atoms with Gasteiger partial charge in [-0.2, -0.15) is 0 Å². The second-order valence-corrected chi connectivity index (χ2v) is 8.66. The van der Waals surface area contributed by atoms with E-state index in [0.717, 1.165) is 29.5 Å². The number of carbonyl (C=O) groups is 1. The number of rotatable bonds is 10. The maximum absolute atomic E-state index is 12.6. The molecule has 0 spiro atoms. The van der Waals surface area contributed by atoms with Crippen molar-refractivity contribution in [2.24, 2.45) is 0 Å². The Morgan fingerprint density at radius 1 is 0.879 bits per heavy atom. The smallest absolute Gasteiger partial charge is 0.230 e. The lowest BCUT2D eigenvalue weighted by molar-refractivity contribution is -0.118. The van der Waals surface area contributed by atoms with Gasteiger partial charge in [0, 0.05) is 24.6 Å². The first-order valence-corrected chi connectivity index (χ1v) is 12.2. The van der Waals surface area contributed by atoms with Crippen LogP contribution in [0, 0.1) is 0 Å². The second kappa shape index (κ2) is 11.5. The Kier molecular flexibility index (Phi) is 7.93. The number of hydrogen-bond acceptors (Lipinski definition) is 4. The predicted octanol–water partition coefficient (Wildman–Crippen LogP) is 5.40. The molecule has 0 bridgehead atoms. The Hall–Kier alpha value is -3.38. The third-order valence-corrected chi connectivity index (χ3v) is 6.52. The van der Waals surface area contributed by atoms with Crippen LogP contribution in [0.2, 0.25) is 0 Å². The van der Waals surface area contributed by atoms with Gasteiger partial charge in [-0.3, -0.25) is 4.79 Å². The van der Waals surface area contributed by atoms with Crippen molar-refractivity contribution in [3.05, 3.63) is 102 Å². The van der Waals surface area contributed by atoms with E-state index in [9.17, 15) is 4.79 Å². The molecule has 168 valence electrons. The molecule has 6 heteroatoms. The zero-order chi connectivity index (χ0) is 22.9. The quantitative estimate of drug-likeness (QED) is 0.325. The first-order chi connectivity index (χ1) is 16.3. The Bertz CT molecular complexity index is 1110. The minimum atomic E-state index is 0.00628. The van der Waals surface area contributed by atoms with E-state index in [0.29, 0.717) is 12.3 Å². The standard InChI is InChI=1S/C27H28N4OS/c1-2-31-26(23-16-10-5-11-17-23)29-30-27(31)33-20-25(32)28-19-18-24(21-12-6-3-7-13-21)22-14-8-4-9-15-22/h3-17,24H,2,18-20H2,1H3,(H,28,32). The molecular formula is C27H28N4OS. The molecule has 1 aromatic heterocycles. The Balaban J connectivity index is 1.34. The summed E-state index contributed by atoms with van der Waals surface area (Å²) in [5.74, 6) is 1.40. The molecule has 33 heavy (non-hydrogen) atoms. The summed E-state index contributed by atoms with van der Waals surface area (Å²) in [4.78, 5) is 12.6. The van der Waals surface area contributed by atoms with E-state index in [4.69, 9.17) is 0 Å². The average molecular weight is 457 g/mol.